The second kappa shape index (κ2) is 7.52. The smallest absolute Gasteiger partial charge is 0.314 e. The number of hydrogen-bond donors (Lipinski definition) is 2. The van der Waals surface area contributed by atoms with Gasteiger partial charge in [0.1, 0.15) is 5.37 Å². The van der Waals surface area contributed by atoms with E-state index in [1.165, 1.54) is 18.9 Å². The minimum absolute atomic E-state index is 0.0701. The molecule has 7 heteroatoms. The van der Waals surface area contributed by atoms with Crippen molar-refractivity contribution in [2.45, 2.75) is 18.2 Å². The Morgan fingerprint density at radius 2 is 2.04 bits per heavy atom. The Bertz CT molecular complexity index is 1070. The molecule has 0 radical (unpaired) electrons. The minimum atomic E-state index is -0.583. The van der Waals surface area contributed by atoms with Crippen LogP contribution in [-0.2, 0) is 9.53 Å². The number of nitrogens with zero attached hydrogens (tertiary/aromatic N) is 1. The number of aromatic nitrogens is 2. The molecule has 142 valence electrons. The van der Waals surface area contributed by atoms with E-state index in [2.05, 4.69) is 15.3 Å². The highest BCUT2D eigenvalue weighted by atomic mass is 32.2. The summed E-state index contributed by atoms with van der Waals surface area (Å²) in [7, 11) is 1.35. The summed E-state index contributed by atoms with van der Waals surface area (Å²) in [5.41, 5.74) is 3.37. The summed E-state index contributed by atoms with van der Waals surface area (Å²) in [6, 6.07) is 11.4. The third-order valence-electron chi connectivity index (χ3n) is 4.79. The van der Waals surface area contributed by atoms with Gasteiger partial charge in [-0.1, -0.05) is 24.3 Å². The summed E-state index contributed by atoms with van der Waals surface area (Å²) < 4.78 is 4.89. The number of hydrogen-bond acceptors (Lipinski definition) is 6. The summed E-state index contributed by atoms with van der Waals surface area (Å²) in [5, 5.41) is 5.82. The molecule has 28 heavy (non-hydrogen) atoms. The number of thioether (sulfide) groups is 1. The average molecular weight is 393 g/mol. The van der Waals surface area contributed by atoms with Crippen molar-refractivity contribution in [3.8, 4) is 0 Å². The fraction of sp³-hybridized carbons (Fsp3) is 0.190. The molecule has 0 spiro atoms. The van der Waals surface area contributed by atoms with Crippen LogP contribution >= 0.6 is 11.8 Å². The first-order valence-electron chi connectivity index (χ1n) is 8.85. The van der Waals surface area contributed by atoms with E-state index in [-0.39, 0.29) is 11.2 Å². The number of pyridine rings is 1. The number of allylic oxidation sites excluding steroid dienone is 1. The second-order valence-electron chi connectivity index (χ2n) is 6.51. The molecule has 1 aliphatic heterocycles. The van der Waals surface area contributed by atoms with Gasteiger partial charge in [-0.2, -0.15) is 0 Å². The maximum atomic E-state index is 13.4. The fourth-order valence-corrected chi connectivity index (χ4v) is 4.26. The molecule has 2 aromatic heterocycles. The zero-order valence-corrected chi connectivity index (χ0v) is 16.2. The van der Waals surface area contributed by atoms with E-state index in [4.69, 9.17) is 4.74 Å². The highest BCUT2D eigenvalue weighted by Gasteiger charge is 2.31. The first-order valence-corrected chi connectivity index (χ1v) is 9.79. The van der Waals surface area contributed by atoms with Gasteiger partial charge in [0.2, 0.25) is 5.78 Å². The van der Waals surface area contributed by atoms with Crippen LogP contribution in [0.2, 0.25) is 0 Å². The Kier molecular flexibility index (Phi) is 4.92. The molecule has 2 unspecified atom stereocenters. The van der Waals surface area contributed by atoms with Crippen molar-refractivity contribution in [3.05, 3.63) is 76.7 Å². The Morgan fingerprint density at radius 3 is 2.79 bits per heavy atom. The van der Waals surface area contributed by atoms with Gasteiger partial charge in [-0.05, 0) is 19.1 Å². The Balaban J connectivity index is 1.70. The van der Waals surface area contributed by atoms with E-state index < -0.39 is 11.9 Å². The number of rotatable bonds is 5. The number of fused-ring (bicyclic) bond motifs is 1. The normalized spacial score (nSPS) is 17.1. The maximum Gasteiger partial charge on any atom is 0.314 e. The monoisotopic (exact) mass is 393 g/mol. The van der Waals surface area contributed by atoms with Crippen LogP contribution in [-0.4, -0.2) is 28.8 Å². The van der Waals surface area contributed by atoms with Crippen LogP contribution in [0.1, 0.15) is 39.8 Å². The molecule has 4 rings (SSSR count). The molecule has 2 atom stereocenters. The van der Waals surface area contributed by atoms with Gasteiger partial charge in [0, 0.05) is 40.0 Å². The van der Waals surface area contributed by atoms with Crippen molar-refractivity contribution in [3.63, 3.8) is 0 Å². The first-order chi connectivity index (χ1) is 13.6. The van der Waals surface area contributed by atoms with Crippen molar-refractivity contribution in [2.24, 2.45) is 0 Å². The van der Waals surface area contributed by atoms with E-state index in [1.807, 2.05) is 41.8 Å². The highest BCUT2D eigenvalue weighted by Crippen LogP contribution is 2.37. The third kappa shape index (κ3) is 3.18. The Morgan fingerprint density at radius 1 is 1.21 bits per heavy atom. The van der Waals surface area contributed by atoms with Gasteiger partial charge < -0.3 is 15.0 Å². The predicted molar refractivity (Wildman–Crippen MR) is 109 cm³/mol. The lowest BCUT2D eigenvalue weighted by Crippen LogP contribution is -2.21. The van der Waals surface area contributed by atoms with Crippen LogP contribution in [0.3, 0.4) is 0 Å². The third-order valence-corrected chi connectivity index (χ3v) is 5.82. The maximum absolute atomic E-state index is 13.4. The van der Waals surface area contributed by atoms with Crippen LogP contribution in [0.25, 0.3) is 10.9 Å². The van der Waals surface area contributed by atoms with E-state index >= 15 is 0 Å². The van der Waals surface area contributed by atoms with Crippen LogP contribution < -0.4 is 5.32 Å². The van der Waals surface area contributed by atoms with Gasteiger partial charge in [0.15, 0.2) is 0 Å². The van der Waals surface area contributed by atoms with Crippen molar-refractivity contribution in [1.82, 2.24) is 15.3 Å². The van der Waals surface area contributed by atoms with Gasteiger partial charge >= 0.3 is 5.97 Å². The molecule has 3 aromatic rings. The molecular weight excluding hydrogens is 374 g/mol. The molecule has 0 aliphatic carbocycles. The largest absolute Gasteiger partial charge is 0.469 e. The van der Waals surface area contributed by atoms with Crippen LogP contribution in [0.5, 0.6) is 0 Å². The lowest BCUT2D eigenvalue weighted by atomic mass is 9.97. The van der Waals surface area contributed by atoms with Crippen molar-refractivity contribution in [1.29, 1.82) is 0 Å². The zero-order valence-electron chi connectivity index (χ0n) is 15.4. The van der Waals surface area contributed by atoms with Crippen LogP contribution in [0, 0.1) is 0 Å². The van der Waals surface area contributed by atoms with Crippen molar-refractivity contribution < 1.29 is 14.3 Å². The van der Waals surface area contributed by atoms with Crippen LogP contribution in [0.4, 0.5) is 0 Å². The van der Waals surface area contributed by atoms with Crippen LogP contribution in [0.15, 0.2) is 59.9 Å². The average Bonchev–Trinajstić information content (AvgIpc) is 3.38. The highest BCUT2D eigenvalue weighted by molar-refractivity contribution is 8.02. The molecule has 1 aromatic carbocycles. The van der Waals surface area contributed by atoms with Gasteiger partial charge in [-0.25, -0.2) is 0 Å². The molecule has 3 heterocycles. The molecule has 1 aliphatic rings. The van der Waals surface area contributed by atoms with Gasteiger partial charge in [-0.3, -0.25) is 14.6 Å². The number of aromatic amines is 1. The molecule has 6 nitrogen and oxygen atoms in total. The molecule has 0 bridgehead atoms. The van der Waals surface area contributed by atoms with Gasteiger partial charge in [-0.15, -0.1) is 11.8 Å². The van der Waals surface area contributed by atoms with Gasteiger partial charge in [0.25, 0.3) is 0 Å². The predicted octanol–water partition coefficient (Wildman–Crippen LogP) is 3.90. The number of H-pyrrole nitrogens is 1. The number of carbonyl (C=O) groups excluding carboxylic acids is 2. The number of Topliss-reactive ketones (excluding diaryl/α,β-unsaturated/α-hetero) is 1. The lowest BCUT2D eigenvalue weighted by Gasteiger charge is -2.14. The van der Waals surface area contributed by atoms with E-state index in [9.17, 15) is 9.59 Å². The second-order valence-corrected chi connectivity index (χ2v) is 7.49. The quantitative estimate of drug-likeness (QED) is 0.505. The molecule has 0 amide bonds. The molecule has 0 fully saturated rings. The lowest BCUT2D eigenvalue weighted by molar-refractivity contribution is -0.142. The van der Waals surface area contributed by atoms with E-state index in [0.717, 1.165) is 16.5 Å². The Labute approximate surface area is 166 Å². The number of nitrogens with one attached hydrogen (secondary N) is 2. The summed E-state index contributed by atoms with van der Waals surface area (Å²) >= 11 is 1.52. The SMILES string of the molecule is COC(=O)C(C)c1[nH]c2ccccc2c1C(=O)C1=CSC(c2cccnc2)N1. The zero-order chi connectivity index (χ0) is 19.7. The number of methoxy groups -OCH3 is 1. The number of ketones is 1. The van der Waals surface area contributed by atoms with E-state index in [0.29, 0.717) is 17.0 Å². The van der Waals surface area contributed by atoms with Gasteiger partial charge in [0.05, 0.1) is 24.3 Å². The summed E-state index contributed by atoms with van der Waals surface area (Å²) in [4.78, 5) is 32.9. The number of carbonyl (C=O) groups is 2. The number of ether oxygens (including phenoxy) is 1. The number of benzene rings is 1. The number of esters is 1. The van der Waals surface area contributed by atoms with Crippen molar-refractivity contribution in [2.75, 3.05) is 7.11 Å². The number of para-hydroxylation sites is 1. The molecule has 0 saturated heterocycles. The molecule has 2 N–H and O–H groups in total. The molecular formula is C21H19N3O3S. The minimum Gasteiger partial charge on any atom is -0.469 e. The summed E-state index contributed by atoms with van der Waals surface area (Å²) in [5.74, 6) is -1.13. The van der Waals surface area contributed by atoms with E-state index in [1.54, 1.807) is 19.3 Å². The molecule has 0 saturated carbocycles. The Hall–Kier alpha value is -3.06. The summed E-state index contributed by atoms with van der Waals surface area (Å²) in [6.07, 6.45) is 3.50. The first kappa shape index (κ1) is 18.3. The standard InChI is InChI=1S/C21H19N3O3S/c1-12(21(26)27-2)18-17(14-7-3-4-8-15(14)23-18)19(25)16-11-28-20(24-16)13-6-5-9-22-10-13/h3-12,20,23-24H,1-2H3. The fourth-order valence-electron chi connectivity index (χ4n) is 3.32. The van der Waals surface area contributed by atoms with Crippen molar-refractivity contribution >= 4 is 34.4 Å². The topological polar surface area (TPSA) is 84.1 Å². The summed E-state index contributed by atoms with van der Waals surface area (Å²) in [6.45, 7) is 1.73.